The van der Waals surface area contributed by atoms with E-state index in [9.17, 15) is 4.79 Å². The summed E-state index contributed by atoms with van der Waals surface area (Å²) in [6, 6.07) is 1.97. The predicted molar refractivity (Wildman–Crippen MR) is 91.7 cm³/mol. The third-order valence-corrected chi connectivity index (χ3v) is 5.46. The molecule has 3 aromatic rings. The molecule has 0 saturated heterocycles. The van der Waals surface area contributed by atoms with Crippen LogP contribution in [0.25, 0.3) is 20.7 Å². The number of thiophene rings is 1. The van der Waals surface area contributed by atoms with Gasteiger partial charge < -0.3 is 10.3 Å². The van der Waals surface area contributed by atoms with E-state index in [-0.39, 0.29) is 11.1 Å². The molecule has 1 unspecified atom stereocenters. The molecular weight excluding hydrogens is 310 g/mol. The fourth-order valence-electron chi connectivity index (χ4n) is 2.87. The first-order valence-corrected chi connectivity index (χ1v) is 8.33. The molecule has 0 amide bonds. The van der Waals surface area contributed by atoms with Crippen LogP contribution in [-0.2, 0) is 5.54 Å². The lowest BCUT2D eigenvalue weighted by Gasteiger charge is -2.30. The lowest BCUT2D eigenvalue weighted by Crippen LogP contribution is -2.43. The molecule has 0 aliphatic carbocycles. The van der Waals surface area contributed by atoms with Crippen molar-refractivity contribution in [2.24, 2.45) is 0 Å². The number of H-pyrrole nitrogens is 2. The summed E-state index contributed by atoms with van der Waals surface area (Å²) in [5.74, 6) is 0.688. The molecule has 0 saturated carbocycles. The van der Waals surface area contributed by atoms with Crippen LogP contribution in [0.1, 0.15) is 24.9 Å². The van der Waals surface area contributed by atoms with Gasteiger partial charge in [-0.15, -0.1) is 11.3 Å². The summed E-state index contributed by atoms with van der Waals surface area (Å²) >= 11 is 1.45. The second kappa shape index (κ2) is 5.14. The van der Waals surface area contributed by atoms with Gasteiger partial charge in [-0.3, -0.25) is 9.89 Å². The van der Waals surface area contributed by atoms with Crippen LogP contribution in [0.5, 0.6) is 0 Å². The Morgan fingerprint density at radius 3 is 2.91 bits per heavy atom. The number of aryl methyl sites for hydroxylation is 1. The first-order valence-electron chi connectivity index (χ1n) is 7.51. The quantitative estimate of drug-likeness (QED) is 0.631. The Kier molecular flexibility index (Phi) is 3.21. The van der Waals surface area contributed by atoms with Gasteiger partial charge in [0.25, 0.3) is 5.56 Å². The van der Waals surface area contributed by atoms with Crippen LogP contribution in [0.2, 0.25) is 0 Å². The van der Waals surface area contributed by atoms with Crippen molar-refractivity contribution >= 4 is 21.6 Å². The molecule has 6 nitrogen and oxygen atoms in total. The van der Waals surface area contributed by atoms with Gasteiger partial charge in [0.2, 0.25) is 0 Å². The van der Waals surface area contributed by atoms with E-state index in [1.165, 1.54) is 11.3 Å². The van der Waals surface area contributed by atoms with Gasteiger partial charge in [0.1, 0.15) is 10.5 Å². The maximum absolute atomic E-state index is 12.5. The van der Waals surface area contributed by atoms with Crippen molar-refractivity contribution < 1.29 is 0 Å². The van der Waals surface area contributed by atoms with Crippen LogP contribution in [0.15, 0.2) is 29.2 Å². The van der Waals surface area contributed by atoms with E-state index < -0.39 is 0 Å². The first kappa shape index (κ1) is 14.3. The summed E-state index contributed by atoms with van der Waals surface area (Å²) in [5, 5.41) is 10.4. The van der Waals surface area contributed by atoms with Gasteiger partial charge in [-0.2, -0.15) is 5.10 Å². The van der Waals surface area contributed by atoms with Gasteiger partial charge in [-0.05, 0) is 26.3 Å². The molecule has 1 atom stereocenters. The minimum Gasteiger partial charge on any atom is -0.308 e. The lowest BCUT2D eigenvalue weighted by molar-refractivity contribution is 0.353. The molecule has 0 bridgehead atoms. The molecule has 118 valence electrons. The maximum Gasteiger partial charge on any atom is 0.268 e. The second-order valence-corrected chi connectivity index (χ2v) is 7.09. The monoisotopic (exact) mass is 327 g/mol. The molecular formula is C16H17N5OS. The van der Waals surface area contributed by atoms with Crippen LogP contribution in [0.4, 0.5) is 0 Å². The molecule has 1 aliphatic heterocycles. The Labute approximate surface area is 136 Å². The SMILES string of the molecule is Cc1[nH]ncc1-c1cc2nc(C3(C)CC=CCN3)[nH]c(=O)c2s1. The lowest BCUT2D eigenvalue weighted by atomic mass is 9.94. The van der Waals surface area contributed by atoms with Crippen molar-refractivity contribution in [2.75, 3.05) is 6.54 Å². The van der Waals surface area contributed by atoms with E-state index in [2.05, 4.69) is 39.6 Å². The largest absolute Gasteiger partial charge is 0.308 e. The highest BCUT2D eigenvalue weighted by Gasteiger charge is 2.29. The third-order valence-electron chi connectivity index (χ3n) is 4.30. The maximum atomic E-state index is 12.5. The number of nitrogens with one attached hydrogen (secondary N) is 3. The van der Waals surface area contributed by atoms with Crippen LogP contribution < -0.4 is 10.9 Å². The predicted octanol–water partition coefficient (Wildman–Crippen LogP) is 2.45. The topological polar surface area (TPSA) is 86.5 Å². The molecule has 3 N–H and O–H groups in total. The summed E-state index contributed by atoms with van der Waals surface area (Å²) < 4.78 is 0.652. The van der Waals surface area contributed by atoms with Gasteiger partial charge in [0.05, 0.1) is 17.3 Å². The van der Waals surface area contributed by atoms with Crippen molar-refractivity contribution in [1.82, 2.24) is 25.5 Å². The molecule has 4 rings (SSSR count). The average Bonchev–Trinajstić information content (AvgIpc) is 3.14. The normalized spacial score (nSPS) is 21.1. The summed E-state index contributed by atoms with van der Waals surface area (Å²) in [4.78, 5) is 21.2. The van der Waals surface area contributed by atoms with Crippen molar-refractivity contribution in [3.8, 4) is 10.4 Å². The molecule has 0 fully saturated rings. The third kappa shape index (κ3) is 2.32. The molecule has 0 spiro atoms. The standard InChI is InChI=1S/C16H17N5OS/c1-9-10(8-18-21-9)12-7-11-13(23-12)14(22)20-15(19-11)16(2)5-3-4-6-17-16/h3-4,7-8,17H,5-6H2,1-2H3,(H,18,21)(H,19,20,22). The molecule has 7 heteroatoms. The molecule has 1 aliphatic rings. The van der Waals surface area contributed by atoms with Crippen LogP contribution >= 0.6 is 11.3 Å². The number of hydrogen-bond acceptors (Lipinski definition) is 5. The van der Waals surface area contributed by atoms with E-state index in [0.717, 1.165) is 34.6 Å². The van der Waals surface area contributed by atoms with E-state index in [1.54, 1.807) is 6.20 Å². The molecule has 23 heavy (non-hydrogen) atoms. The molecule has 0 radical (unpaired) electrons. The minimum atomic E-state index is -0.338. The average molecular weight is 327 g/mol. The van der Waals surface area contributed by atoms with Crippen molar-refractivity contribution in [3.63, 3.8) is 0 Å². The fraction of sp³-hybridized carbons (Fsp3) is 0.312. The Morgan fingerprint density at radius 1 is 1.35 bits per heavy atom. The highest BCUT2D eigenvalue weighted by atomic mass is 32.1. The van der Waals surface area contributed by atoms with Crippen LogP contribution in [-0.4, -0.2) is 26.7 Å². The second-order valence-electron chi connectivity index (χ2n) is 6.04. The van der Waals surface area contributed by atoms with Gasteiger partial charge >= 0.3 is 0 Å². The van der Waals surface area contributed by atoms with E-state index in [1.807, 2.05) is 13.0 Å². The Bertz CT molecular complexity index is 966. The van der Waals surface area contributed by atoms with Crippen molar-refractivity contribution in [1.29, 1.82) is 0 Å². The summed E-state index contributed by atoms with van der Waals surface area (Å²) in [6.45, 7) is 4.81. The Morgan fingerprint density at radius 2 is 2.22 bits per heavy atom. The summed E-state index contributed by atoms with van der Waals surface area (Å²) in [7, 11) is 0. The molecule has 3 aromatic heterocycles. The number of aromatic nitrogens is 4. The van der Waals surface area contributed by atoms with E-state index in [0.29, 0.717) is 10.5 Å². The van der Waals surface area contributed by atoms with Gasteiger partial charge in [0.15, 0.2) is 0 Å². The number of fused-ring (bicyclic) bond motifs is 1. The van der Waals surface area contributed by atoms with E-state index >= 15 is 0 Å². The van der Waals surface area contributed by atoms with Crippen molar-refractivity contribution in [3.05, 3.63) is 46.3 Å². The van der Waals surface area contributed by atoms with E-state index in [4.69, 9.17) is 4.98 Å². The summed E-state index contributed by atoms with van der Waals surface area (Å²) in [5.41, 5.74) is 2.32. The zero-order valence-corrected chi connectivity index (χ0v) is 13.8. The van der Waals surface area contributed by atoms with Gasteiger partial charge in [-0.25, -0.2) is 4.98 Å². The number of rotatable bonds is 2. The first-order chi connectivity index (χ1) is 11.1. The number of hydrogen-bond donors (Lipinski definition) is 3. The Balaban J connectivity index is 1.86. The van der Waals surface area contributed by atoms with Crippen LogP contribution in [0, 0.1) is 6.92 Å². The number of nitrogens with zero attached hydrogens (tertiary/aromatic N) is 2. The highest BCUT2D eigenvalue weighted by molar-refractivity contribution is 7.22. The highest BCUT2D eigenvalue weighted by Crippen LogP contribution is 2.33. The molecule has 0 aromatic carbocycles. The minimum absolute atomic E-state index is 0.0834. The zero-order valence-electron chi connectivity index (χ0n) is 12.9. The Hall–Kier alpha value is -2.25. The van der Waals surface area contributed by atoms with Gasteiger partial charge in [0, 0.05) is 22.7 Å². The fourth-order valence-corrected chi connectivity index (χ4v) is 3.93. The van der Waals surface area contributed by atoms with Crippen molar-refractivity contribution in [2.45, 2.75) is 25.8 Å². The number of aromatic amines is 2. The zero-order chi connectivity index (χ0) is 16.0. The summed E-state index contributed by atoms with van der Waals surface area (Å²) in [6.07, 6.45) is 6.79. The molecule has 4 heterocycles. The van der Waals surface area contributed by atoms with Gasteiger partial charge in [-0.1, -0.05) is 12.2 Å². The smallest absolute Gasteiger partial charge is 0.268 e. The van der Waals surface area contributed by atoms with Crippen LogP contribution in [0.3, 0.4) is 0 Å².